The lowest BCUT2D eigenvalue weighted by Crippen LogP contribution is -2.06. The van der Waals surface area contributed by atoms with Gasteiger partial charge in [-0.3, -0.25) is 9.78 Å². The van der Waals surface area contributed by atoms with Crippen LogP contribution >= 0.6 is 0 Å². The third-order valence-electron chi connectivity index (χ3n) is 2.77. The van der Waals surface area contributed by atoms with Crippen LogP contribution in [0.1, 0.15) is 21.5 Å². The Bertz CT molecular complexity index is 596. The molecule has 3 nitrogen and oxygen atoms in total. The molecule has 1 aromatic heterocycles. The molecule has 1 aromatic carbocycles. The normalized spacial score (nSPS) is 10.3. The van der Waals surface area contributed by atoms with Crippen LogP contribution in [0.15, 0.2) is 36.7 Å². The number of aryl methyl sites for hydroxylation is 1. The van der Waals surface area contributed by atoms with E-state index in [9.17, 15) is 9.18 Å². The van der Waals surface area contributed by atoms with Crippen LogP contribution < -0.4 is 5.73 Å². The van der Waals surface area contributed by atoms with Crippen LogP contribution in [-0.2, 0) is 6.42 Å². The van der Waals surface area contributed by atoms with Gasteiger partial charge in [-0.2, -0.15) is 0 Å². The quantitative estimate of drug-likeness (QED) is 0.844. The highest BCUT2D eigenvalue weighted by Gasteiger charge is 2.10. The number of hydrogen-bond acceptors (Lipinski definition) is 3. The van der Waals surface area contributed by atoms with Gasteiger partial charge in [0, 0.05) is 35.6 Å². The molecule has 0 radical (unpaired) electrons. The van der Waals surface area contributed by atoms with Crippen molar-refractivity contribution in [1.29, 1.82) is 0 Å². The first kappa shape index (κ1) is 12.2. The van der Waals surface area contributed by atoms with Crippen molar-refractivity contribution >= 4 is 11.5 Å². The molecule has 0 saturated heterocycles. The molecule has 2 rings (SSSR count). The van der Waals surface area contributed by atoms with Crippen molar-refractivity contribution in [2.45, 2.75) is 13.3 Å². The predicted octanol–water partition coefficient (Wildman–Crippen LogP) is 2.54. The molecule has 0 unspecified atom stereocenters. The fraction of sp³-hybridized carbons (Fsp3) is 0.143. The summed E-state index contributed by atoms with van der Waals surface area (Å²) in [6.45, 7) is 1.63. The Morgan fingerprint density at radius 3 is 2.83 bits per heavy atom. The summed E-state index contributed by atoms with van der Waals surface area (Å²) in [6, 6.07) is 5.98. The van der Waals surface area contributed by atoms with Gasteiger partial charge in [0.05, 0.1) is 0 Å². The molecule has 0 spiro atoms. The van der Waals surface area contributed by atoms with Gasteiger partial charge < -0.3 is 5.73 Å². The van der Waals surface area contributed by atoms with Crippen molar-refractivity contribution in [2.24, 2.45) is 0 Å². The van der Waals surface area contributed by atoms with E-state index in [1.165, 1.54) is 12.1 Å². The smallest absolute Gasteiger partial charge is 0.167 e. The minimum absolute atomic E-state index is 0.0993. The molecule has 0 bridgehead atoms. The monoisotopic (exact) mass is 244 g/mol. The minimum Gasteiger partial charge on any atom is -0.398 e. The van der Waals surface area contributed by atoms with E-state index in [4.69, 9.17) is 5.73 Å². The van der Waals surface area contributed by atoms with E-state index in [-0.39, 0.29) is 18.0 Å². The van der Waals surface area contributed by atoms with Crippen LogP contribution in [0.4, 0.5) is 10.1 Å². The van der Waals surface area contributed by atoms with Crippen LogP contribution in [0.3, 0.4) is 0 Å². The zero-order valence-electron chi connectivity index (χ0n) is 9.98. The highest BCUT2D eigenvalue weighted by Crippen LogP contribution is 2.15. The zero-order valence-corrected chi connectivity index (χ0v) is 9.98. The third kappa shape index (κ3) is 2.53. The van der Waals surface area contributed by atoms with Crippen molar-refractivity contribution < 1.29 is 9.18 Å². The van der Waals surface area contributed by atoms with E-state index >= 15 is 0 Å². The summed E-state index contributed by atoms with van der Waals surface area (Å²) in [4.78, 5) is 16.0. The number of Topliss-reactive ketones (excluding diaryl/α,β-unsaturated/α-hetero) is 1. The summed E-state index contributed by atoms with van der Waals surface area (Å²) in [5.41, 5.74) is 7.91. The standard InChI is InChI=1S/C14H13FN2O/c1-9-6-10(2-3-12(9)15)14(18)7-11-8-17-5-4-13(11)16/h2-6,8H,7H2,1H3,(H2,16,17). The molecule has 0 amide bonds. The van der Waals surface area contributed by atoms with E-state index in [0.717, 1.165) is 0 Å². The van der Waals surface area contributed by atoms with Crippen LogP contribution in [0.2, 0.25) is 0 Å². The minimum atomic E-state index is -0.313. The highest BCUT2D eigenvalue weighted by atomic mass is 19.1. The van der Waals surface area contributed by atoms with Crippen molar-refractivity contribution in [3.63, 3.8) is 0 Å². The second-order valence-corrected chi connectivity index (χ2v) is 4.14. The van der Waals surface area contributed by atoms with Gasteiger partial charge in [0.1, 0.15) is 5.82 Å². The Balaban J connectivity index is 2.22. The van der Waals surface area contributed by atoms with Crippen LogP contribution in [0.5, 0.6) is 0 Å². The maximum Gasteiger partial charge on any atom is 0.167 e. The molecular formula is C14H13FN2O. The number of benzene rings is 1. The Hall–Kier alpha value is -2.23. The first-order valence-electron chi connectivity index (χ1n) is 5.55. The number of nitrogens with two attached hydrogens (primary N) is 1. The Morgan fingerprint density at radius 1 is 1.39 bits per heavy atom. The predicted molar refractivity (Wildman–Crippen MR) is 67.8 cm³/mol. The average molecular weight is 244 g/mol. The summed E-state index contributed by atoms with van der Waals surface area (Å²) in [6.07, 6.45) is 3.32. The van der Waals surface area contributed by atoms with Gasteiger partial charge in [0.15, 0.2) is 5.78 Å². The lowest BCUT2D eigenvalue weighted by atomic mass is 10.0. The maximum absolute atomic E-state index is 13.1. The molecule has 0 aliphatic heterocycles. The van der Waals surface area contributed by atoms with Crippen molar-refractivity contribution in [3.05, 3.63) is 59.2 Å². The molecule has 1 heterocycles. The van der Waals surface area contributed by atoms with E-state index < -0.39 is 0 Å². The maximum atomic E-state index is 13.1. The summed E-state index contributed by atoms with van der Waals surface area (Å²) in [5, 5.41) is 0. The van der Waals surface area contributed by atoms with Gasteiger partial charge in [-0.1, -0.05) is 0 Å². The van der Waals surface area contributed by atoms with Crippen molar-refractivity contribution in [3.8, 4) is 0 Å². The topological polar surface area (TPSA) is 56.0 Å². The number of nitrogen functional groups attached to an aromatic ring is 1. The number of ketones is 1. The summed E-state index contributed by atoms with van der Waals surface area (Å²) < 4.78 is 13.1. The van der Waals surface area contributed by atoms with Crippen LogP contribution in [0, 0.1) is 12.7 Å². The molecule has 4 heteroatoms. The molecule has 0 aliphatic carbocycles. The number of pyridine rings is 1. The molecule has 2 N–H and O–H groups in total. The number of anilines is 1. The number of halogens is 1. The molecular weight excluding hydrogens is 231 g/mol. The Kier molecular flexibility index (Phi) is 3.37. The van der Waals surface area contributed by atoms with Crippen molar-refractivity contribution in [2.75, 3.05) is 5.73 Å². The molecule has 0 aliphatic rings. The van der Waals surface area contributed by atoms with E-state index in [1.54, 1.807) is 31.5 Å². The van der Waals surface area contributed by atoms with E-state index in [0.29, 0.717) is 22.4 Å². The fourth-order valence-electron chi connectivity index (χ4n) is 1.68. The van der Waals surface area contributed by atoms with Crippen molar-refractivity contribution in [1.82, 2.24) is 4.98 Å². The number of aromatic nitrogens is 1. The summed E-state index contributed by atoms with van der Waals surface area (Å²) in [5.74, 6) is -0.412. The molecule has 0 atom stereocenters. The lowest BCUT2D eigenvalue weighted by Gasteiger charge is -2.05. The first-order valence-corrected chi connectivity index (χ1v) is 5.55. The largest absolute Gasteiger partial charge is 0.398 e. The van der Waals surface area contributed by atoms with Gasteiger partial charge >= 0.3 is 0 Å². The molecule has 18 heavy (non-hydrogen) atoms. The third-order valence-corrected chi connectivity index (χ3v) is 2.77. The van der Waals surface area contributed by atoms with Gasteiger partial charge in [-0.25, -0.2) is 4.39 Å². The number of nitrogens with zero attached hydrogens (tertiary/aromatic N) is 1. The second kappa shape index (κ2) is 4.96. The molecule has 92 valence electrons. The van der Waals surface area contributed by atoms with Gasteiger partial charge in [0.2, 0.25) is 0 Å². The highest BCUT2D eigenvalue weighted by molar-refractivity contribution is 5.98. The van der Waals surface area contributed by atoms with Gasteiger partial charge in [-0.05, 0) is 36.8 Å². The lowest BCUT2D eigenvalue weighted by molar-refractivity contribution is 0.0993. The molecule has 0 saturated carbocycles. The molecule has 0 fully saturated rings. The molecule has 2 aromatic rings. The average Bonchev–Trinajstić information content (AvgIpc) is 2.35. The van der Waals surface area contributed by atoms with E-state index in [1.807, 2.05) is 0 Å². The van der Waals surface area contributed by atoms with Crippen LogP contribution in [0.25, 0.3) is 0 Å². The fourth-order valence-corrected chi connectivity index (χ4v) is 1.68. The van der Waals surface area contributed by atoms with Crippen LogP contribution in [-0.4, -0.2) is 10.8 Å². The zero-order chi connectivity index (χ0) is 13.1. The number of carbonyl (C=O) groups excluding carboxylic acids is 1. The summed E-state index contributed by atoms with van der Waals surface area (Å²) in [7, 11) is 0. The SMILES string of the molecule is Cc1cc(C(=O)Cc2cnccc2N)ccc1F. The number of carbonyl (C=O) groups is 1. The van der Waals surface area contributed by atoms with E-state index in [2.05, 4.69) is 4.98 Å². The van der Waals surface area contributed by atoms with Gasteiger partial charge in [-0.15, -0.1) is 0 Å². The Morgan fingerprint density at radius 2 is 2.17 bits per heavy atom. The number of rotatable bonds is 3. The first-order chi connectivity index (χ1) is 8.58. The van der Waals surface area contributed by atoms with Gasteiger partial charge in [0.25, 0.3) is 0 Å². The Labute approximate surface area is 104 Å². The second-order valence-electron chi connectivity index (χ2n) is 4.14. The summed E-state index contributed by atoms with van der Waals surface area (Å²) >= 11 is 0. The number of hydrogen-bond donors (Lipinski definition) is 1.